The summed E-state index contributed by atoms with van der Waals surface area (Å²) in [7, 11) is -0.734. The summed E-state index contributed by atoms with van der Waals surface area (Å²) in [5.41, 5.74) is 0. The Morgan fingerprint density at radius 2 is 2.00 bits per heavy atom. The van der Waals surface area contributed by atoms with Crippen molar-refractivity contribution >= 4 is 28.1 Å². The first-order valence-corrected chi connectivity index (χ1v) is 6.94. The first-order valence-electron chi connectivity index (χ1n) is 4.91. The van der Waals surface area contributed by atoms with Crippen LogP contribution in [0.2, 0.25) is 0 Å². The van der Waals surface area contributed by atoms with Gasteiger partial charge >= 0.3 is 0 Å². The van der Waals surface area contributed by atoms with Crippen LogP contribution in [0.3, 0.4) is 0 Å². The molecule has 0 aliphatic rings. The first kappa shape index (κ1) is 13.8. The second-order valence-corrected chi connectivity index (χ2v) is 5.49. The van der Waals surface area contributed by atoms with Crippen molar-refractivity contribution in [1.29, 1.82) is 0 Å². The Bertz CT molecular complexity index is 197. The second kappa shape index (κ2) is 8.17. The molecule has 0 radical (unpaired) electrons. The maximum atomic E-state index is 11.0. The summed E-state index contributed by atoms with van der Waals surface area (Å²) in [5, 5.41) is 7.10. The predicted octanol–water partition coefficient (Wildman–Crippen LogP) is 1.02. The first-order chi connectivity index (χ1) is 6.57. The Kier molecular flexibility index (Phi) is 8.08. The van der Waals surface area contributed by atoms with Gasteiger partial charge in [0.25, 0.3) is 0 Å². The monoisotopic (exact) mass is 236 g/mol. The van der Waals surface area contributed by atoms with Gasteiger partial charge in [0.15, 0.2) is 5.11 Å². The molecule has 0 aromatic carbocycles. The van der Waals surface area contributed by atoms with Crippen molar-refractivity contribution in [3.63, 3.8) is 0 Å². The molecule has 2 atom stereocenters. The van der Waals surface area contributed by atoms with Crippen LogP contribution in [0.25, 0.3) is 0 Å². The molecule has 0 aliphatic carbocycles. The summed E-state index contributed by atoms with van der Waals surface area (Å²) in [4.78, 5) is 0. The highest BCUT2D eigenvalue weighted by molar-refractivity contribution is 7.84. The van der Waals surface area contributed by atoms with E-state index in [-0.39, 0.29) is 5.25 Å². The highest BCUT2D eigenvalue weighted by Gasteiger charge is 2.05. The zero-order chi connectivity index (χ0) is 11.0. The molecule has 2 N–H and O–H groups in total. The molecule has 14 heavy (non-hydrogen) atoms. The van der Waals surface area contributed by atoms with E-state index in [0.717, 1.165) is 25.9 Å². The van der Waals surface area contributed by atoms with Crippen LogP contribution in [0.15, 0.2) is 0 Å². The molecular weight excluding hydrogens is 216 g/mol. The molecule has 0 heterocycles. The maximum Gasteiger partial charge on any atom is 0.166 e. The second-order valence-electron chi connectivity index (χ2n) is 3.28. The molecule has 0 spiro atoms. The van der Waals surface area contributed by atoms with E-state index in [0.29, 0.717) is 5.11 Å². The van der Waals surface area contributed by atoms with Gasteiger partial charge in [-0.05, 0) is 25.1 Å². The molecular formula is C9H20N2OS2. The van der Waals surface area contributed by atoms with Gasteiger partial charge in [0, 0.05) is 35.4 Å². The molecule has 3 nitrogen and oxygen atoms in total. The molecule has 0 saturated heterocycles. The third-order valence-electron chi connectivity index (χ3n) is 1.94. The third kappa shape index (κ3) is 7.26. The highest BCUT2D eigenvalue weighted by Crippen LogP contribution is 1.96. The summed E-state index contributed by atoms with van der Waals surface area (Å²) in [6.07, 6.45) is 3.69. The lowest BCUT2D eigenvalue weighted by Crippen LogP contribution is -2.37. The number of rotatable bonds is 6. The van der Waals surface area contributed by atoms with Gasteiger partial charge in [-0.15, -0.1) is 0 Å². The van der Waals surface area contributed by atoms with Gasteiger partial charge in [0.05, 0.1) is 0 Å². The van der Waals surface area contributed by atoms with Gasteiger partial charge in [-0.25, -0.2) is 0 Å². The Labute approximate surface area is 94.5 Å². The van der Waals surface area contributed by atoms with E-state index in [4.69, 9.17) is 12.2 Å². The van der Waals surface area contributed by atoms with Crippen molar-refractivity contribution in [2.24, 2.45) is 0 Å². The molecule has 0 aliphatic heterocycles. The number of hydrogen-bond donors (Lipinski definition) is 2. The normalized spacial score (nSPS) is 14.5. The minimum Gasteiger partial charge on any atom is -0.363 e. The van der Waals surface area contributed by atoms with Gasteiger partial charge in [-0.1, -0.05) is 13.8 Å². The van der Waals surface area contributed by atoms with Crippen molar-refractivity contribution in [3.8, 4) is 0 Å². The van der Waals surface area contributed by atoms with Crippen molar-refractivity contribution in [2.45, 2.75) is 31.9 Å². The topological polar surface area (TPSA) is 41.1 Å². The van der Waals surface area contributed by atoms with Crippen LogP contribution in [0, 0.1) is 0 Å². The van der Waals surface area contributed by atoms with Gasteiger partial charge in [-0.3, -0.25) is 4.21 Å². The maximum absolute atomic E-state index is 11.0. The average Bonchev–Trinajstić information content (AvgIpc) is 2.14. The molecule has 0 amide bonds. The van der Waals surface area contributed by atoms with E-state index in [1.165, 1.54) is 0 Å². The minimum absolute atomic E-state index is 0.233. The van der Waals surface area contributed by atoms with Crippen LogP contribution >= 0.6 is 12.2 Å². The predicted molar refractivity (Wildman–Crippen MR) is 67.0 cm³/mol. The van der Waals surface area contributed by atoms with E-state index < -0.39 is 10.8 Å². The van der Waals surface area contributed by atoms with Gasteiger partial charge in [0.2, 0.25) is 0 Å². The van der Waals surface area contributed by atoms with E-state index >= 15 is 0 Å². The zero-order valence-corrected chi connectivity index (χ0v) is 10.8. The van der Waals surface area contributed by atoms with Crippen LogP contribution in [0.5, 0.6) is 0 Å². The van der Waals surface area contributed by atoms with Crippen LogP contribution in [-0.2, 0) is 10.8 Å². The van der Waals surface area contributed by atoms with Crippen LogP contribution in [-0.4, -0.2) is 33.9 Å². The largest absolute Gasteiger partial charge is 0.363 e. The fraction of sp³-hybridized carbons (Fsp3) is 0.889. The molecule has 0 fully saturated rings. The minimum atomic E-state index is -0.734. The Morgan fingerprint density at radius 3 is 2.50 bits per heavy atom. The third-order valence-corrected chi connectivity index (χ3v) is 3.60. The van der Waals surface area contributed by atoms with Crippen LogP contribution in [0.4, 0.5) is 0 Å². The van der Waals surface area contributed by atoms with E-state index in [2.05, 4.69) is 17.6 Å². The molecule has 0 rings (SSSR count). The van der Waals surface area contributed by atoms with Gasteiger partial charge in [0.1, 0.15) is 0 Å². The fourth-order valence-electron chi connectivity index (χ4n) is 0.856. The van der Waals surface area contributed by atoms with Crippen molar-refractivity contribution in [1.82, 2.24) is 10.6 Å². The molecule has 0 bridgehead atoms. The molecule has 84 valence electrons. The zero-order valence-electron chi connectivity index (χ0n) is 9.13. The number of thiocarbonyl (C=S) groups is 1. The van der Waals surface area contributed by atoms with Crippen molar-refractivity contribution in [2.75, 3.05) is 19.3 Å². The summed E-state index contributed by atoms with van der Waals surface area (Å²) in [5.74, 6) is 0. The summed E-state index contributed by atoms with van der Waals surface area (Å²) in [6, 6.07) is 0. The number of hydrogen-bond acceptors (Lipinski definition) is 2. The lowest BCUT2D eigenvalue weighted by atomic mass is 10.3. The molecule has 0 aromatic heterocycles. The van der Waals surface area contributed by atoms with E-state index in [9.17, 15) is 4.21 Å². The molecule has 2 unspecified atom stereocenters. The Morgan fingerprint density at radius 1 is 1.43 bits per heavy atom. The Hall–Kier alpha value is -0.160. The fourth-order valence-corrected chi connectivity index (χ4v) is 1.51. The lowest BCUT2D eigenvalue weighted by Gasteiger charge is -2.11. The molecule has 0 saturated carbocycles. The molecule has 5 heteroatoms. The Balaban J connectivity index is 3.44. The summed E-state index contributed by atoms with van der Waals surface area (Å²) in [6.45, 7) is 5.77. The van der Waals surface area contributed by atoms with Gasteiger partial charge in [-0.2, -0.15) is 0 Å². The lowest BCUT2D eigenvalue weighted by molar-refractivity contribution is 0.664. The van der Waals surface area contributed by atoms with Crippen LogP contribution < -0.4 is 10.6 Å². The van der Waals surface area contributed by atoms with Gasteiger partial charge < -0.3 is 10.6 Å². The standard InChI is InChI=1S/C9H20N2OS2/c1-4-6-10-9(13)11-7-5-8(2)14(3)12/h8H,4-7H2,1-3H3,(H2,10,11,13). The summed E-state index contributed by atoms with van der Waals surface area (Å²) >= 11 is 5.04. The molecule has 0 aromatic rings. The average molecular weight is 236 g/mol. The number of nitrogens with one attached hydrogen (secondary N) is 2. The van der Waals surface area contributed by atoms with Crippen molar-refractivity contribution < 1.29 is 4.21 Å². The van der Waals surface area contributed by atoms with Crippen LogP contribution in [0.1, 0.15) is 26.7 Å². The van der Waals surface area contributed by atoms with Crippen molar-refractivity contribution in [3.05, 3.63) is 0 Å². The van der Waals surface area contributed by atoms with E-state index in [1.54, 1.807) is 6.26 Å². The summed E-state index contributed by atoms with van der Waals surface area (Å²) < 4.78 is 11.0. The van der Waals surface area contributed by atoms with E-state index in [1.807, 2.05) is 6.92 Å². The smallest absolute Gasteiger partial charge is 0.166 e. The SMILES string of the molecule is CCCNC(=S)NCCC(C)S(C)=O. The quantitative estimate of drug-likeness (QED) is 0.676. The highest BCUT2D eigenvalue weighted by atomic mass is 32.2.